The molecule has 0 spiro atoms. The fraction of sp³-hybridized carbons (Fsp3) is 0.500. The third-order valence-electron chi connectivity index (χ3n) is 3.64. The molecule has 0 saturated heterocycles. The van der Waals surface area contributed by atoms with Gasteiger partial charge < -0.3 is 15.3 Å². The van der Waals surface area contributed by atoms with E-state index in [9.17, 15) is 9.90 Å². The second-order valence-electron chi connectivity index (χ2n) is 5.23. The molecule has 1 amide bonds. The number of nitrogens with one attached hydrogen (secondary N) is 1. The van der Waals surface area contributed by atoms with Crippen molar-refractivity contribution < 1.29 is 9.90 Å². The highest BCUT2D eigenvalue weighted by Gasteiger charge is 2.38. The number of carbonyl (C=O) groups excluding carboxylic acids is 1. The lowest BCUT2D eigenvalue weighted by atomic mass is 10.1. The van der Waals surface area contributed by atoms with Crippen molar-refractivity contribution in [1.82, 2.24) is 4.90 Å². The topological polar surface area (TPSA) is 52.6 Å². The minimum absolute atomic E-state index is 0.157. The zero-order valence-corrected chi connectivity index (χ0v) is 11.4. The van der Waals surface area contributed by atoms with Crippen LogP contribution in [0.5, 0.6) is 0 Å². The largest absolute Gasteiger partial charge is 0.390 e. The average Bonchev–Trinajstić information content (AvgIpc) is 3.21. The van der Waals surface area contributed by atoms with Crippen LogP contribution in [0, 0.1) is 0 Å². The van der Waals surface area contributed by atoms with Crippen LogP contribution in [-0.2, 0) is 6.54 Å². The molecular weight excluding hydrogens is 264 g/mol. The Labute approximate surface area is 117 Å². The highest BCUT2D eigenvalue weighted by Crippen LogP contribution is 2.35. The second kappa shape index (κ2) is 5.02. The molecule has 1 aliphatic carbocycles. The Balaban J connectivity index is 1.71. The van der Waals surface area contributed by atoms with E-state index in [0.717, 1.165) is 29.7 Å². The molecule has 3 rings (SSSR count). The molecule has 102 valence electrons. The first-order valence-electron chi connectivity index (χ1n) is 6.61. The van der Waals surface area contributed by atoms with E-state index in [1.807, 2.05) is 23.1 Å². The molecule has 19 heavy (non-hydrogen) atoms. The van der Waals surface area contributed by atoms with Crippen molar-refractivity contribution >= 4 is 23.2 Å². The average molecular weight is 281 g/mol. The number of carbonyl (C=O) groups is 1. The van der Waals surface area contributed by atoms with Crippen LogP contribution in [-0.4, -0.2) is 40.5 Å². The lowest BCUT2D eigenvalue weighted by Gasteiger charge is -2.13. The number of rotatable bonds is 5. The normalized spacial score (nSPS) is 19.5. The van der Waals surface area contributed by atoms with E-state index in [4.69, 9.17) is 11.6 Å². The summed E-state index contributed by atoms with van der Waals surface area (Å²) in [4.78, 5) is 14.1. The summed E-state index contributed by atoms with van der Waals surface area (Å²) >= 11 is 5.55. The van der Waals surface area contributed by atoms with Crippen LogP contribution < -0.4 is 5.32 Å². The monoisotopic (exact) mass is 280 g/mol. The smallest absolute Gasteiger partial charge is 0.254 e. The molecule has 2 N–H and O–H groups in total. The van der Waals surface area contributed by atoms with Gasteiger partial charge in [0.2, 0.25) is 0 Å². The summed E-state index contributed by atoms with van der Waals surface area (Å²) in [6, 6.07) is 6.20. The van der Waals surface area contributed by atoms with E-state index in [0.29, 0.717) is 19.1 Å². The summed E-state index contributed by atoms with van der Waals surface area (Å²) in [5.74, 6) is 0.371. The van der Waals surface area contributed by atoms with Crippen molar-refractivity contribution in [1.29, 1.82) is 0 Å². The quantitative estimate of drug-likeness (QED) is 0.809. The van der Waals surface area contributed by atoms with Crippen molar-refractivity contribution in [3.05, 3.63) is 29.3 Å². The van der Waals surface area contributed by atoms with Gasteiger partial charge in [0.15, 0.2) is 0 Å². The Bertz CT molecular complexity index is 502. The van der Waals surface area contributed by atoms with E-state index < -0.39 is 6.10 Å². The lowest BCUT2D eigenvalue weighted by Crippen LogP contribution is -2.25. The van der Waals surface area contributed by atoms with Gasteiger partial charge in [-0.1, -0.05) is 0 Å². The molecule has 2 aliphatic rings. The molecule has 1 aromatic rings. The first-order chi connectivity index (χ1) is 9.19. The summed E-state index contributed by atoms with van der Waals surface area (Å²) < 4.78 is 0. The third-order valence-corrected chi connectivity index (χ3v) is 4.00. The molecular formula is C14H17ClN2O2. The fourth-order valence-corrected chi connectivity index (χ4v) is 2.53. The zero-order chi connectivity index (χ0) is 13.4. The maximum absolute atomic E-state index is 12.1. The van der Waals surface area contributed by atoms with Crippen molar-refractivity contribution in [3.8, 4) is 0 Å². The van der Waals surface area contributed by atoms with Gasteiger partial charge in [0.05, 0.1) is 12.0 Å². The Morgan fingerprint density at radius 3 is 2.95 bits per heavy atom. The highest BCUT2D eigenvalue weighted by atomic mass is 35.5. The SMILES string of the molecule is O=C1c2ccc(NCC(O)CCl)cc2CN1C1CC1. The van der Waals surface area contributed by atoms with Crippen molar-refractivity contribution in [2.45, 2.75) is 31.5 Å². The summed E-state index contributed by atoms with van der Waals surface area (Å²) in [5, 5.41) is 12.6. The zero-order valence-electron chi connectivity index (χ0n) is 10.6. The predicted molar refractivity (Wildman–Crippen MR) is 74.6 cm³/mol. The minimum Gasteiger partial charge on any atom is -0.390 e. The number of hydrogen-bond donors (Lipinski definition) is 2. The van der Waals surface area contributed by atoms with E-state index in [1.54, 1.807) is 0 Å². The predicted octanol–water partition coefficient (Wildman–Crippen LogP) is 1.82. The summed E-state index contributed by atoms with van der Waals surface area (Å²) in [6.07, 6.45) is 1.71. The van der Waals surface area contributed by atoms with Crippen LogP contribution in [0.25, 0.3) is 0 Å². The van der Waals surface area contributed by atoms with Crippen LogP contribution in [0.1, 0.15) is 28.8 Å². The molecule has 0 radical (unpaired) electrons. The lowest BCUT2D eigenvalue weighted by molar-refractivity contribution is 0.0766. The number of fused-ring (bicyclic) bond motifs is 1. The first kappa shape index (κ1) is 12.8. The first-order valence-corrected chi connectivity index (χ1v) is 7.14. The number of anilines is 1. The molecule has 0 aromatic heterocycles. The molecule has 0 bridgehead atoms. The molecule has 1 heterocycles. The Morgan fingerprint density at radius 2 is 2.26 bits per heavy atom. The number of aliphatic hydroxyl groups is 1. The van der Waals surface area contributed by atoms with Crippen LogP contribution >= 0.6 is 11.6 Å². The standard InChI is InChI=1S/C14H17ClN2O2/c15-6-12(18)7-16-10-1-4-13-9(5-10)8-17(14(13)19)11-2-3-11/h1,4-5,11-12,16,18H,2-3,6-8H2. The van der Waals surface area contributed by atoms with Gasteiger partial charge in [0.25, 0.3) is 5.91 Å². The number of nitrogens with zero attached hydrogens (tertiary/aromatic N) is 1. The van der Waals surface area contributed by atoms with Gasteiger partial charge in [-0.15, -0.1) is 11.6 Å². The van der Waals surface area contributed by atoms with Gasteiger partial charge in [0, 0.05) is 30.4 Å². The molecule has 1 aromatic carbocycles. The fourth-order valence-electron chi connectivity index (χ4n) is 2.42. The summed E-state index contributed by atoms with van der Waals surface area (Å²) in [5.41, 5.74) is 2.81. The highest BCUT2D eigenvalue weighted by molar-refractivity contribution is 6.18. The maximum atomic E-state index is 12.1. The van der Waals surface area contributed by atoms with Crippen LogP contribution in [0.4, 0.5) is 5.69 Å². The molecule has 1 unspecified atom stereocenters. The Kier molecular flexibility index (Phi) is 3.37. The second-order valence-corrected chi connectivity index (χ2v) is 5.53. The number of alkyl halides is 1. The van der Waals surface area contributed by atoms with E-state index in [2.05, 4.69) is 5.32 Å². The van der Waals surface area contributed by atoms with Gasteiger partial charge in [-0.25, -0.2) is 0 Å². The van der Waals surface area contributed by atoms with Gasteiger partial charge >= 0.3 is 0 Å². The summed E-state index contributed by atoms with van der Waals surface area (Å²) in [6.45, 7) is 1.13. The van der Waals surface area contributed by atoms with E-state index in [-0.39, 0.29) is 11.8 Å². The molecule has 5 heteroatoms. The number of halogens is 1. The van der Waals surface area contributed by atoms with Crippen molar-refractivity contribution in [2.75, 3.05) is 17.7 Å². The molecule has 1 atom stereocenters. The van der Waals surface area contributed by atoms with Crippen LogP contribution in [0.15, 0.2) is 18.2 Å². The molecule has 1 fully saturated rings. The van der Waals surface area contributed by atoms with E-state index in [1.165, 1.54) is 0 Å². The number of aliphatic hydroxyl groups excluding tert-OH is 1. The Hall–Kier alpha value is -1.26. The number of hydrogen-bond acceptors (Lipinski definition) is 3. The maximum Gasteiger partial charge on any atom is 0.254 e. The van der Waals surface area contributed by atoms with Crippen LogP contribution in [0.3, 0.4) is 0 Å². The van der Waals surface area contributed by atoms with Gasteiger partial charge in [-0.2, -0.15) is 0 Å². The molecule has 1 saturated carbocycles. The van der Waals surface area contributed by atoms with Gasteiger partial charge in [0.1, 0.15) is 0 Å². The summed E-state index contributed by atoms with van der Waals surface area (Å²) in [7, 11) is 0. The van der Waals surface area contributed by atoms with E-state index >= 15 is 0 Å². The third kappa shape index (κ3) is 2.55. The van der Waals surface area contributed by atoms with Gasteiger partial charge in [-0.3, -0.25) is 4.79 Å². The van der Waals surface area contributed by atoms with Crippen molar-refractivity contribution in [2.24, 2.45) is 0 Å². The minimum atomic E-state index is -0.556. The number of amides is 1. The van der Waals surface area contributed by atoms with Gasteiger partial charge in [-0.05, 0) is 36.6 Å². The molecule has 1 aliphatic heterocycles. The van der Waals surface area contributed by atoms with Crippen molar-refractivity contribution in [3.63, 3.8) is 0 Å². The Morgan fingerprint density at radius 1 is 1.47 bits per heavy atom. The molecule has 4 nitrogen and oxygen atoms in total. The van der Waals surface area contributed by atoms with Crippen LogP contribution in [0.2, 0.25) is 0 Å². The number of benzene rings is 1.